The third kappa shape index (κ3) is 7.01. The first-order chi connectivity index (χ1) is 9.88. The molecule has 0 aliphatic heterocycles. The average molecular weight is 332 g/mol. The molecule has 0 bridgehead atoms. The van der Waals surface area contributed by atoms with Gasteiger partial charge < -0.3 is 15.5 Å². The van der Waals surface area contributed by atoms with Crippen LogP contribution in [-0.4, -0.2) is 39.9 Å². The zero-order chi connectivity index (χ0) is 15.8. The van der Waals surface area contributed by atoms with Gasteiger partial charge in [0.25, 0.3) is 0 Å². The predicted octanol–water partition coefficient (Wildman–Crippen LogP) is 1.62. The fraction of sp³-hybridized carbons (Fsp3) is 0.308. The van der Waals surface area contributed by atoms with Crippen molar-refractivity contribution in [2.24, 2.45) is 0 Å². The first kappa shape index (κ1) is 17.3. The van der Waals surface area contributed by atoms with E-state index in [2.05, 4.69) is 5.32 Å². The van der Waals surface area contributed by atoms with E-state index in [9.17, 15) is 14.4 Å². The fourth-order valence-corrected chi connectivity index (χ4v) is 2.50. The minimum Gasteiger partial charge on any atom is -0.481 e. The lowest BCUT2D eigenvalue weighted by Crippen LogP contribution is -2.43. The number of carbonyl (C=O) groups excluding carboxylic acids is 1. The SMILES string of the molecule is O=C(O)C[C@H](NC(=O)CSCc1cccc(Cl)c1)C(=O)O. The van der Waals surface area contributed by atoms with Gasteiger partial charge in [0.1, 0.15) is 6.04 Å². The highest BCUT2D eigenvalue weighted by Gasteiger charge is 2.22. The molecule has 0 unspecified atom stereocenters. The molecule has 1 aromatic carbocycles. The molecule has 0 saturated heterocycles. The largest absolute Gasteiger partial charge is 0.481 e. The lowest BCUT2D eigenvalue weighted by atomic mass is 10.2. The molecule has 0 aromatic heterocycles. The van der Waals surface area contributed by atoms with E-state index < -0.39 is 30.3 Å². The fourth-order valence-electron chi connectivity index (χ4n) is 1.50. The molecule has 1 atom stereocenters. The standard InChI is InChI=1S/C13H14ClNO5S/c14-9-3-1-2-8(4-9)6-21-7-11(16)15-10(13(19)20)5-12(17)18/h1-4,10H,5-7H2,(H,15,16)(H,17,18)(H,19,20)/t10-/m0/s1. The second-order valence-electron chi connectivity index (χ2n) is 4.18. The summed E-state index contributed by atoms with van der Waals surface area (Å²) in [6.07, 6.45) is -0.653. The number of benzene rings is 1. The highest BCUT2D eigenvalue weighted by atomic mass is 35.5. The van der Waals surface area contributed by atoms with Crippen molar-refractivity contribution < 1.29 is 24.6 Å². The number of nitrogens with one attached hydrogen (secondary N) is 1. The van der Waals surface area contributed by atoms with Gasteiger partial charge in [0, 0.05) is 10.8 Å². The summed E-state index contributed by atoms with van der Waals surface area (Å²) in [5.41, 5.74) is 0.945. The molecule has 3 N–H and O–H groups in total. The van der Waals surface area contributed by atoms with Crippen molar-refractivity contribution in [1.82, 2.24) is 5.32 Å². The first-order valence-corrected chi connectivity index (χ1v) is 7.48. The van der Waals surface area contributed by atoms with E-state index in [4.69, 9.17) is 21.8 Å². The van der Waals surface area contributed by atoms with Crippen LogP contribution in [0.15, 0.2) is 24.3 Å². The zero-order valence-electron chi connectivity index (χ0n) is 10.9. The number of carbonyl (C=O) groups is 3. The van der Waals surface area contributed by atoms with Crippen LogP contribution >= 0.6 is 23.4 Å². The number of hydrogen-bond donors (Lipinski definition) is 3. The number of amides is 1. The van der Waals surface area contributed by atoms with E-state index in [1.807, 2.05) is 6.07 Å². The van der Waals surface area contributed by atoms with Gasteiger partial charge >= 0.3 is 11.9 Å². The molecule has 0 radical (unpaired) electrons. The smallest absolute Gasteiger partial charge is 0.326 e. The Bertz CT molecular complexity index is 537. The van der Waals surface area contributed by atoms with Crippen molar-refractivity contribution in [2.45, 2.75) is 18.2 Å². The molecule has 21 heavy (non-hydrogen) atoms. The van der Waals surface area contributed by atoms with Gasteiger partial charge in [-0.2, -0.15) is 0 Å². The van der Waals surface area contributed by atoms with E-state index >= 15 is 0 Å². The first-order valence-electron chi connectivity index (χ1n) is 5.94. The van der Waals surface area contributed by atoms with E-state index in [1.165, 1.54) is 11.8 Å². The third-order valence-corrected chi connectivity index (χ3v) is 3.64. The minimum absolute atomic E-state index is 0.0376. The number of carboxylic acids is 2. The topological polar surface area (TPSA) is 104 Å². The summed E-state index contributed by atoms with van der Waals surface area (Å²) < 4.78 is 0. The number of aliphatic carboxylic acids is 2. The van der Waals surface area contributed by atoms with Gasteiger partial charge in [0.15, 0.2) is 0 Å². The molecule has 0 aliphatic rings. The third-order valence-electron chi connectivity index (χ3n) is 2.40. The summed E-state index contributed by atoms with van der Waals surface area (Å²) in [6.45, 7) is 0. The monoisotopic (exact) mass is 331 g/mol. The Hall–Kier alpha value is -1.73. The maximum atomic E-state index is 11.6. The van der Waals surface area contributed by atoms with Crippen molar-refractivity contribution in [3.05, 3.63) is 34.9 Å². The maximum absolute atomic E-state index is 11.6. The van der Waals surface area contributed by atoms with Gasteiger partial charge in [0.05, 0.1) is 12.2 Å². The lowest BCUT2D eigenvalue weighted by Gasteiger charge is -2.12. The molecule has 0 fully saturated rings. The molecular formula is C13H14ClNO5S. The minimum atomic E-state index is -1.42. The van der Waals surface area contributed by atoms with Crippen molar-refractivity contribution >= 4 is 41.2 Å². The van der Waals surface area contributed by atoms with Gasteiger partial charge in [-0.15, -0.1) is 11.8 Å². The van der Waals surface area contributed by atoms with Crippen LogP contribution in [0.1, 0.15) is 12.0 Å². The van der Waals surface area contributed by atoms with Crippen LogP contribution in [0.3, 0.4) is 0 Å². The second kappa shape index (κ2) is 8.53. The summed E-state index contributed by atoms with van der Waals surface area (Å²) >= 11 is 7.11. The van der Waals surface area contributed by atoms with Crippen LogP contribution in [0.2, 0.25) is 5.02 Å². The van der Waals surface area contributed by atoms with Crippen molar-refractivity contribution in [3.63, 3.8) is 0 Å². The van der Waals surface area contributed by atoms with Gasteiger partial charge in [-0.1, -0.05) is 23.7 Å². The number of carboxylic acid groups (broad SMARTS) is 2. The number of thioether (sulfide) groups is 1. The van der Waals surface area contributed by atoms with Crippen LogP contribution in [0.5, 0.6) is 0 Å². The predicted molar refractivity (Wildman–Crippen MR) is 79.4 cm³/mol. The van der Waals surface area contributed by atoms with Crippen LogP contribution in [-0.2, 0) is 20.1 Å². The number of hydrogen-bond acceptors (Lipinski definition) is 4. The van der Waals surface area contributed by atoms with Gasteiger partial charge in [-0.25, -0.2) is 4.79 Å². The van der Waals surface area contributed by atoms with Crippen LogP contribution in [0.25, 0.3) is 0 Å². The summed E-state index contributed by atoms with van der Waals surface area (Å²) in [4.78, 5) is 32.9. The molecule has 1 amide bonds. The molecule has 0 spiro atoms. The molecule has 0 heterocycles. The van der Waals surface area contributed by atoms with Crippen molar-refractivity contribution in [2.75, 3.05) is 5.75 Å². The Morgan fingerprint density at radius 1 is 1.29 bits per heavy atom. The van der Waals surface area contributed by atoms with Crippen LogP contribution in [0, 0.1) is 0 Å². The molecule has 1 aromatic rings. The van der Waals surface area contributed by atoms with E-state index in [-0.39, 0.29) is 5.75 Å². The van der Waals surface area contributed by atoms with E-state index in [0.717, 1.165) is 5.56 Å². The molecule has 8 heteroatoms. The quantitative estimate of drug-likeness (QED) is 0.668. The second-order valence-corrected chi connectivity index (χ2v) is 5.60. The van der Waals surface area contributed by atoms with Crippen molar-refractivity contribution in [1.29, 1.82) is 0 Å². The zero-order valence-corrected chi connectivity index (χ0v) is 12.5. The molecule has 114 valence electrons. The number of halogens is 1. The molecule has 0 saturated carbocycles. The lowest BCUT2D eigenvalue weighted by molar-refractivity contribution is -0.147. The summed E-state index contributed by atoms with van der Waals surface area (Å²) in [7, 11) is 0. The Morgan fingerprint density at radius 2 is 2.00 bits per heavy atom. The summed E-state index contributed by atoms with van der Waals surface area (Å²) in [6, 6.07) is 5.76. The maximum Gasteiger partial charge on any atom is 0.326 e. The summed E-state index contributed by atoms with van der Waals surface area (Å²) in [5.74, 6) is -2.59. The van der Waals surface area contributed by atoms with Crippen LogP contribution < -0.4 is 5.32 Å². The van der Waals surface area contributed by atoms with Gasteiger partial charge in [-0.05, 0) is 17.7 Å². The van der Waals surface area contributed by atoms with E-state index in [0.29, 0.717) is 10.8 Å². The highest BCUT2D eigenvalue weighted by Crippen LogP contribution is 2.16. The Kier molecular flexibility index (Phi) is 7.04. The normalized spacial score (nSPS) is 11.7. The van der Waals surface area contributed by atoms with E-state index in [1.54, 1.807) is 18.2 Å². The highest BCUT2D eigenvalue weighted by molar-refractivity contribution is 7.99. The Labute approximate surface area is 130 Å². The molecule has 1 rings (SSSR count). The van der Waals surface area contributed by atoms with Crippen molar-refractivity contribution in [3.8, 4) is 0 Å². The number of rotatable bonds is 8. The van der Waals surface area contributed by atoms with Gasteiger partial charge in [-0.3, -0.25) is 9.59 Å². The molecule has 0 aliphatic carbocycles. The van der Waals surface area contributed by atoms with Gasteiger partial charge in [0.2, 0.25) is 5.91 Å². The molecular weight excluding hydrogens is 318 g/mol. The summed E-state index contributed by atoms with van der Waals surface area (Å²) in [5, 5.41) is 20.2. The molecule has 6 nitrogen and oxygen atoms in total. The van der Waals surface area contributed by atoms with Crippen LogP contribution in [0.4, 0.5) is 0 Å². The Morgan fingerprint density at radius 3 is 2.57 bits per heavy atom. The Balaban J connectivity index is 2.39. The average Bonchev–Trinajstić information content (AvgIpc) is 2.37.